The van der Waals surface area contributed by atoms with E-state index in [0.29, 0.717) is 0 Å². The van der Waals surface area contributed by atoms with Crippen molar-refractivity contribution in [1.82, 2.24) is 25.4 Å². The lowest BCUT2D eigenvalue weighted by Gasteiger charge is -1.95. The number of hydrogen-bond acceptors (Lipinski definition) is 5. The Hall–Kier alpha value is -2.28. The largest absolute Gasteiger partial charge is 0.462 e. The zero-order valence-electron chi connectivity index (χ0n) is 12.2. The Morgan fingerprint density at radius 2 is 2.27 bits per heavy atom. The molecule has 3 aromatic rings. The standard InChI is InChI=1S/C15H17N5OS/c1-11-4-5-13(21-11)6-7-14-18-15(20-19-14)22-8-2-3-12-9-16-17-10-12/h4-7,9-10H,2-3,8H2,1H3,(H,16,17)(H,18,19,20)/b7-6+. The number of hydrogen-bond donors (Lipinski definition) is 2. The molecule has 0 aliphatic heterocycles. The maximum absolute atomic E-state index is 5.47. The third-order valence-corrected chi connectivity index (χ3v) is 3.98. The quantitative estimate of drug-likeness (QED) is 0.516. The van der Waals surface area contributed by atoms with E-state index in [0.717, 1.165) is 41.1 Å². The van der Waals surface area contributed by atoms with Crippen molar-refractivity contribution in [3.8, 4) is 0 Å². The molecule has 0 aliphatic rings. The van der Waals surface area contributed by atoms with Gasteiger partial charge >= 0.3 is 0 Å². The molecular weight excluding hydrogens is 298 g/mol. The number of aromatic amines is 2. The third-order valence-electron chi connectivity index (χ3n) is 3.04. The van der Waals surface area contributed by atoms with Crippen molar-refractivity contribution >= 4 is 23.9 Å². The van der Waals surface area contributed by atoms with Crippen molar-refractivity contribution in [3.05, 3.63) is 47.4 Å². The number of nitrogens with zero attached hydrogens (tertiary/aromatic N) is 3. The Kier molecular flexibility index (Phi) is 4.75. The van der Waals surface area contributed by atoms with Gasteiger partial charge in [0.1, 0.15) is 17.3 Å². The zero-order valence-corrected chi connectivity index (χ0v) is 13.1. The van der Waals surface area contributed by atoms with Crippen LogP contribution >= 0.6 is 11.8 Å². The first-order chi connectivity index (χ1) is 10.8. The topological polar surface area (TPSA) is 83.4 Å². The minimum atomic E-state index is 0.728. The van der Waals surface area contributed by atoms with Crippen LogP contribution < -0.4 is 0 Å². The van der Waals surface area contributed by atoms with Crippen molar-refractivity contribution < 1.29 is 4.42 Å². The van der Waals surface area contributed by atoms with Gasteiger partial charge in [-0.25, -0.2) is 4.98 Å². The zero-order chi connectivity index (χ0) is 15.2. The predicted molar refractivity (Wildman–Crippen MR) is 86.4 cm³/mol. The second kappa shape index (κ2) is 7.13. The van der Waals surface area contributed by atoms with Gasteiger partial charge in [0.05, 0.1) is 6.20 Å². The molecule has 0 saturated heterocycles. The van der Waals surface area contributed by atoms with E-state index in [1.807, 2.05) is 43.6 Å². The summed E-state index contributed by atoms with van der Waals surface area (Å²) in [5, 5.41) is 14.6. The lowest BCUT2D eigenvalue weighted by Crippen LogP contribution is -1.86. The average Bonchev–Trinajstić information content (AvgIpc) is 3.24. The van der Waals surface area contributed by atoms with Gasteiger partial charge < -0.3 is 4.42 Å². The van der Waals surface area contributed by atoms with Crippen LogP contribution in [0.15, 0.2) is 34.1 Å². The van der Waals surface area contributed by atoms with Crippen molar-refractivity contribution in [2.24, 2.45) is 0 Å². The molecule has 0 bridgehead atoms. The highest BCUT2D eigenvalue weighted by Crippen LogP contribution is 2.16. The van der Waals surface area contributed by atoms with Crippen LogP contribution in [0.1, 0.15) is 29.3 Å². The molecular formula is C15H17N5OS. The van der Waals surface area contributed by atoms with Crippen LogP contribution in [0.5, 0.6) is 0 Å². The second-order valence-corrected chi connectivity index (χ2v) is 5.91. The number of thioether (sulfide) groups is 1. The Bertz CT molecular complexity index is 729. The summed E-state index contributed by atoms with van der Waals surface area (Å²) >= 11 is 1.65. The summed E-state index contributed by atoms with van der Waals surface area (Å²) in [6.45, 7) is 1.92. The highest BCUT2D eigenvalue weighted by Gasteiger charge is 2.02. The summed E-state index contributed by atoms with van der Waals surface area (Å²) in [5.41, 5.74) is 1.23. The van der Waals surface area contributed by atoms with E-state index in [2.05, 4.69) is 25.4 Å². The molecule has 0 atom stereocenters. The van der Waals surface area contributed by atoms with E-state index >= 15 is 0 Å². The predicted octanol–water partition coefficient (Wildman–Crippen LogP) is 3.32. The van der Waals surface area contributed by atoms with Crippen molar-refractivity contribution in [2.75, 3.05) is 5.75 Å². The summed E-state index contributed by atoms with van der Waals surface area (Å²) in [6, 6.07) is 3.86. The van der Waals surface area contributed by atoms with Gasteiger partial charge in [-0.15, -0.1) is 5.10 Å². The van der Waals surface area contributed by atoms with E-state index in [9.17, 15) is 0 Å². The Morgan fingerprint density at radius 1 is 1.32 bits per heavy atom. The molecule has 0 aliphatic carbocycles. The number of aromatic nitrogens is 5. The molecule has 3 rings (SSSR count). The lowest BCUT2D eigenvalue weighted by molar-refractivity contribution is 0.525. The Labute approximate surface area is 132 Å². The Balaban J connectivity index is 1.45. The summed E-state index contributed by atoms with van der Waals surface area (Å²) in [4.78, 5) is 4.42. The average molecular weight is 315 g/mol. The first-order valence-corrected chi connectivity index (χ1v) is 8.05. The summed E-state index contributed by atoms with van der Waals surface area (Å²) in [7, 11) is 0. The van der Waals surface area contributed by atoms with Gasteiger partial charge in [-0.3, -0.25) is 10.2 Å². The minimum absolute atomic E-state index is 0.728. The molecule has 0 saturated carbocycles. The van der Waals surface area contributed by atoms with Gasteiger partial charge in [-0.2, -0.15) is 5.10 Å². The highest BCUT2D eigenvalue weighted by atomic mass is 32.2. The maximum atomic E-state index is 5.47. The van der Waals surface area contributed by atoms with Crippen LogP contribution in [0, 0.1) is 6.92 Å². The Morgan fingerprint density at radius 3 is 3.05 bits per heavy atom. The molecule has 3 heterocycles. The van der Waals surface area contributed by atoms with Crippen LogP contribution in [0.2, 0.25) is 0 Å². The molecule has 2 N–H and O–H groups in total. The SMILES string of the molecule is Cc1ccc(/C=C/c2nc(SCCCc3cn[nH]c3)n[nH]2)o1. The van der Waals surface area contributed by atoms with Gasteiger partial charge in [0.2, 0.25) is 5.16 Å². The van der Waals surface area contributed by atoms with Gasteiger partial charge in [-0.1, -0.05) is 11.8 Å². The molecule has 0 aromatic carbocycles. The van der Waals surface area contributed by atoms with Crippen molar-refractivity contribution in [1.29, 1.82) is 0 Å². The van der Waals surface area contributed by atoms with E-state index in [4.69, 9.17) is 4.42 Å². The first kappa shape index (κ1) is 14.6. The number of H-pyrrole nitrogens is 2. The van der Waals surface area contributed by atoms with Gasteiger partial charge in [0.15, 0.2) is 0 Å². The fraction of sp³-hybridized carbons (Fsp3) is 0.267. The van der Waals surface area contributed by atoms with Gasteiger partial charge in [0, 0.05) is 11.9 Å². The number of nitrogens with one attached hydrogen (secondary N) is 2. The number of aryl methyl sites for hydroxylation is 2. The smallest absolute Gasteiger partial charge is 0.208 e. The van der Waals surface area contributed by atoms with E-state index < -0.39 is 0 Å². The minimum Gasteiger partial charge on any atom is -0.462 e. The summed E-state index contributed by atoms with van der Waals surface area (Å²) in [5.74, 6) is 3.41. The molecule has 114 valence electrons. The van der Waals surface area contributed by atoms with Crippen LogP contribution in [0.25, 0.3) is 12.2 Å². The summed E-state index contributed by atoms with van der Waals surface area (Å²) < 4.78 is 5.47. The van der Waals surface area contributed by atoms with Crippen molar-refractivity contribution in [3.63, 3.8) is 0 Å². The molecule has 0 spiro atoms. The molecule has 22 heavy (non-hydrogen) atoms. The van der Waals surface area contributed by atoms with E-state index in [1.54, 1.807) is 11.8 Å². The number of furan rings is 1. The number of rotatable bonds is 7. The molecule has 0 unspecified atom stereocenters. The highest BCUT2D eigenvalue weighted by molar-refractivity contribution is 7.99. The van der Waals surface area contributed by atoms with Gasteiger partial charge in [0.25, 0.3) is 0 Å². The van der Waals surface area contributed by atoms with Crippen LogP contribution in [-0.2, 0) is 6.42 Å². The second-order valence-electron chi connectivity index (χ2n) is 4.84. The van der Waals surface area contributed by atoms with Crippen LogP contribution in [0.3, 0.4) is 0 Å². The fourth-order valence-corrected chi connectivity index (χ4v) is 2.70. The monoisotopic (exact) mass is 315 g/mol. The molecule has 7 heteroatoms. The fourth-order valence-electron chi connectivity index (χ4n) is 1.96. The molecule has 0 fully saturated rings. The normalized spacial score (nSPS) is 11.5. The third kappa shape index (κ3) is 4.11. The summed E-state index contributed by atoms with van der Waals surface area (Å²) in [6.07, 6.45) is 9.60. The van der Waals surface area contributed by atoms with Gasteiger partial charge in [-0.05, 0) is 49.6 Å². The van der Waals surface area contributed by atoms with E-state index in [1.165, 1.54) is 5.56 Å². The lowest BCUT2D eigenvalue weighted by atomic mass is 10.2. The molecule has 0 amide bonds. The molecule has 6 nitrogen and oxygen atoms in total. The van der Waals surface area contributed by atoms with Crippen molar-refractivity contribution in [2.45, 2.75) is 24.9 Å². The van der Waals surface area contributed by atoms with Crippen LogP contribution in [-0.4, -0.2) is 31.1 Å². The maximum Gasteiger partial charge on any atom is 0.208 e. The van der Waals surface area contributed by atoms with E-state index in [-0.39, 0.29) is 0 Å². The molecule has 3 aromatic heterocycles. The first-order valence-electron chi connectivity index (χ1n) is 7.07. The molecule has 0 radical (unpaired) electrons. The van der Waals surface area contributed by atoms with Crippen LogP contribution in [0.4, 0.5) is 0 Å².